The molecule has 0 spiro atoms. The van der Waals surface area contributed by atoms with Crippen molar-refractivity contribution in [2.45, 2.75) is 53.9 Å². The second-order valence-corrected chi connectivity index (χ2v) is 12.4. The second kappa shape index (κ2) is 19.5. The molecule has 0 atom stereocenters. The van der Waals surface area contributed by atoms with Gasteiger partial charge in [-0.05, 0) is 120 Å². The van der Waals surface area contributed by atoms with E-state index in [9.17, 15) is 0 Å². The summed E-state index contributed by atoms with van der Waals surface area (Å²) in [4.78, 5) is 0. The molecule has 4 aromatic rings. The third kappa shape index (κ3) is 9.71. The van der Waals surface area contributed by atoms with Gasteiger partial charge in [0.05, 0.1) is 0 Å². The predicted molar refractivity (Wildman–Crippen MR) is 229 cm³/mol. The van der Waals surface area contributed by atoms with E-state index < -0.39 is 0 Å². The quantitative estimate of drug-likeness (QED) is 0.121. The van der Waals surface area contributed by atoms with Crippen LogP contribution in [-0.2, 0) is 5.41 Å². The first-order chi connectivity index (χ1) is 24.8. The van der Waals surface area contributed by atoms with Gasteiger partial charge in [-0.2, -0.15) is 0 Å². The van der Waals surface area contributed by atoms with Crippen LogP contribution in [0, 0.1) is 5.41 Å². The van der Waals surface area contributed by atoms with E-state index in [4.69, 9.17) is 5.41 Å². The van der Waals surface area contributed by atoms with E-state index >= 15 is 0 Å². The Balaban J connectivity index is 0.00000169. The van der Waals surface area contributed by atoms with Gasteiger partial charge in [-0.25, -0.2) is 0 Å². The van der Waals surface area contributed by atoms with E-state index in [1.807, 2.05) is 32.1 Å². The van der Waals surface area contributed by atoms with Crippen LogP contribution in [0.2, 0.25) is 0 Å². The van der Waals surface area contributed by atoms with Crippen LogP contribution in [0.4, 0.5) is 5.69 Å². The molecule has 5 rings (SSSR count). The summed E-state index contributed by atoms with van der Waals surface area (Å²) in [5.74, 6) is 0. The Morgan fingerprint density at radius 3 is 1.98 bits per heavy atom. The first kappa shape index (κ1) is 39.7. The van der Waals surface area contributed by atoms with Gasteiger partial charge in [0.15, 0.2) is 0 Å². The highest BCUT2D eigenvalue weighted by atomic mass is 14.9. The Morgan fingerprint density at radius 1 is 0.725 bits per heavy atom. The van der Waals surface area contributed by atoms with Crippen molar-refractivity contribution < 1.29 is 0 Å². The molecule has 1 aliphatic carbocycles. The molecule has 51 heavy (non-hydrogen) atoms. The van der Waals surface area contributed by atoms with Gasteiger partial charge in [-0.3, -0.25) is 0 Å². The molecule has 0 heterocycles. The molecule has 2 nitrogen and oxygen atoms in total. The molecule has 260 valence electrons. The van der Waals surface area contributed by atoms with Crippen molar-refractivity contribution in [2.24, 2.45) is 0 Å². The highest BCUT2D eigenvalue weighted by Crippen LogP contribution is 2.43. The van der Waals surface area contributed by atoms with Gasteiger partial charge in [0.2, 0.25) is 0 Å². The lowest BCUT2D eigenvalue weighted by Gasteiger charge is -2.23. The minimum Gasteiger partial charge on any atom is -0.355 e. The Bertz CT molecular complexity index is 1980. The summed E-state index contributed by atoms with van der Waals surface area (Å²) in [6, 6.07) is 34.7. The van der Waals surface area contributed by atoms with Crippen molar-refractivity contribution in [1.82, 2.24) is 0 Å². The molecule has 4 aromatic carbocycles. The largest absolute Gasteiger partial charge is 0.355 e. The number of benzene rings is 4. The van der Waals surface area contributed by atoms with Crippen LogP contribution in [0.5, 0.6) is 0 Å². The number of fused-ring (bicyclic) bond motifs is 1. The highest BCUT2D eigenvalue weighted by Gasteiger charge is 2.31. The average molecular weight is 671 g/mol. The Labute approximate surface area is 307 Å². The van der Waals surface area contributed by atoms with E-state index in [1.165, 1.54) is 44.5 Å². The standard InChI is InChI=1S/C46H45N.C2H6.CH3N/c1-8-12-19-34(9-2)38-28-37(29-39(30-38)35-20-15-13-16-21-35)33(5)24-27-45(43(11-4)36-22-17-14-18-23-36)47-42-25-26-44-40(32-42)31-41(10-3)46(44,6)7;2*1-2/h8-32,47H,1,3H2,2,4-7H3;1-2H3;2H,1H2/b19-12-,33-24+,34-9+,43-11-,45-27+;;. The molecule has 0 saturated carbocycles. The minimum absolute atomic E-state index is 0.0475. The van der Waals surface area contributed by atoms with E-state index in [0.29, 0.717) is 0 Å². The maximum absolute atomic E-state index is 5.50. The fraction of sp³-hybridized carbons (Fsp3) is 0.163. The third-order valence-electron chi connectivity index (χ3n) is 8.97. The summed E-state index contributed by atoms with van der Waals surface area (Å²) in [6.45, 7) is 25.3. The number of allylic oxidation sites excluding steroid dienone is 12. The SMILES string of the molecule is C=C/C=C\C(=C/C)c1cc(/C(C)=C/C=C(Nc2ccc3c(c2)C=C(C=C)C3(C)C)\C(=C/C)c2ccccc2)cc(-c2ccccc2)c1.C=N.CC. The first-order valence-electron chi connectivity index (χ1n) is 17.7. The molecule has 0 fully saturated rings. The Morgan fingerprint density at radius 2 is 1.37 bits per heavy atom. The predicted octanol–water partition coefficient (Wildman–Crippen LogP) is 14.2. The van der Waals surface area contributed by atoms with Gasteiger partial charge in [0.25, 0.3) is 0 Å². The summed E-state index contributed by atoms with van der Waals surface area (Å²) >= 11 is 0. The van der Waals surface area contributed by atoms with Crippen LogP contribution in [0.15, 0.2) is 170 Å². The van der Waals surface area contributed by atoms with Crippen LogP contribution < -0.4 is 5.32 Å². The molecule has 2 N–H and O–H groups in total. The molecule has 0 radical (unpaired) electrons. The smallest absolute Gasteiger partial charge is 0.0460 e. The van der Waals surface area contributed by atoms with Gasteiger partial charge in [0, 0.05) is 22.4 Å². The average Bonchev–Trinajstić information content (AvgIpc) is 3.44. The van der Waals surface area contributed by atoms with Crippen LogP contribution in [0.1, 0.15) is 76.3 Å². The van der Waals surface area contributed by atoms with Crippen LogP contribution in [-0.4, -0.2) is 6.72 Å². The lowest BCUT2D eigenvalue weighted by Crippen LogP contribution is -2.15. The third-order valence-corrected chi connectivity index (χ3v) is 8.97. The Kier molecular flexibility index (Phi) is 15.1. The summed E-state index contributed by atoms with van der Waals surface area (Å²) in [5, 5.41) is 9.29. The van der Waals surface area contributed by atoms with Gasteiger partial charge in [0.1, 0.15) is 0 Å². The zero-order valence-corrected chi connectivity index (χ0v) is 31.6. The monoisotopic (exact) mass is 670 g/mol. The molecule has 0 bridgehead atoms. The molecular formula is C49H54N2. The van der Waals surface area contributed by atoms with Gasteiger partial charge in [-0.1, -0.05) is 156 Å². The topological polar surface area (TPSA) is 35.9 Å². The number of hydrogen-bond donors (Lipinski definition) is 2. The molecular weight excluding hydrogens is 617 g/mol. The van der Waals surface area contributed by atoms with E-state index in [1.54, 1.807) is 0 Å². The normalized spacial score (nSPS) is 14.0. The van der Waals surface area contributed by atoms with Gasteiger partial charge < -0.3 is 10.7 Å². The maximum atomic E-state index is 5.50. The lowest BCUT2D eigenvalue weighted by atomic mass is 9.81. The van der Waals surface area contributed by atoms with Crippen molar-refractivity contribution in [2.75, 3.05) is 5.32 Å². The van der Waals surface area contributed by atoms with Crippen molar-refractivity contribution in [1.29, 1.82) is 5.41 Å². The number of nitrogens with one attached hydrogen (secondary N) is 2. The molecule has 0 aromatic heterocycles. The first-order valence-corrected chi connectivity index (χ1v) is 17.7. The zero-order valence-electron chi connectivity index (χ0n) is 31.6. The van der Waals surface area contributed by atoms with E-state index in [0.717, 1.165) is 28.1 Å². The van der Waals surface area contributed by atoms with E-state index in [2.05, 4.69) is 193 Å². The fourth-order valence-corrected chi connectivity index (χ4v) is 6.25. The molecule has 2 heteroatoms. The summed E-state index contributed by atoms with van der Waals surface area (Å²) in [7, 11) is 0. The highest BCUT2D eigenvalue weighted by molar-refractivity contribution is 5.86. The van der Waals surface area contributed by atoms with Gasteiger partial charge in [-0.15, -0.1) is 0 Å². The summed E-state index contributed by atoms with van der Waals surface area (Å²) in [5.41, 5.74) is 15.2. The van der Waals surface area contributed by atoms with Crippen molar-refractivity contribution >= 4 is 35.2 Å². The molecule has 0 unspecified atom stereocenters. The molecule has 0 saturated heterocycles. The lowest BCUT2D eigenvalue weighted by molar-refractivity contribution is 0.655. The minimum atomic E-state index is -0.0475. The number of anilines is 1. The van der Waals surface area contributed by atoms with Crippen molar-refractivity contribution in [3.05, 3.63) is 198 Å². The van der Waals surface area contributed by atoms with Crippen molar-refractivity contribution in [3.63, 3.8) is 0 Å². The van der Waals surface area contributed by atoms with Crippen LogP contribution in [0.25, 0.3) is 33.9 Å². The van der Waals surface area contributed by atoms with Crippen LogP contribution in [0.3, 0.4) is 0 Å². The van der Waals surface area contributed by atoms with Crippen LogP contribution >= 0.6 is 0 Å². The fourth-order valence-electron chi connectivity index (χ4n) is 6.25. The van der Waals surface area contributed by atoms with Gasteiger partial charge >= 0.3 is 0 Å². The van der Waals surface area contributed by atoms with Crippen molar-refractivity contribution in [3.8, 4) is 11.1 Å². The zero-order chi connectivity index (χ0) is 37.4. The summed E-state index contributed by atoms with van der Waals surface area (Å²) in [6.07, 6.45) is 18.9. The molecule has 0 amide bonds. The molecule has 1 aliphatic rings. The Hall–Kier alpha value is -5.73. The second-order valence-electron chi connectivity index (χ2n) is 12.4. The van der Waals surface area contributed by atoms with E-state index in [-0.39, 0.29) is 5.41 Å². The number of rotatable bonds is 11. The number of hydrogen-bond acceptors (Lipinski definition) is 2. The maximum Gasteiger partial charge on any atom is 0.0460 e. The summed E-state index contributed by atoms with van der Waals surface area (Å²) < 4.78 is 0. The molecule has 0 aliphatic heterocycles.